The van der Waals surface area contributed by atoms with E-state index >= 15 is 0 Å². The molecular formula is C13H16O4S. The molecule has 0 amide bonds. The number of carbonyl (C=O) groups is 1. The fourth-order valence-corrected chi connectivity index (χ4v) is 3.70. The maximum absolute atomic E-state index is 12.2. The number of rotatable bonds is 4. The lowest BCUT2D eigenvalue weighted by atomic mass is 10.1. The molecule has 2 rings (SSSR count). The SMILES string of the molecule is CC(CC(=O)O)S(=O)(=O)c1ccc2c(c1)CCC2. The minimum atomic E-state index is -3.54. The van der Waals surface area contributed by atoms with Gasteiger partial charge in [0.25, 0.3) is 0 Å². The highest BCUT2D eigenvalue weighted by Crippen LogP contribution is 2.27. The Morgan fingerprint density at radius 1 is 1.33 bits per heavy atom. The van der Waals surface area contributed by atoms with E-state index in [0.29, 0.717) is 0 Å². The minimum Gasteiger partial charge on any atom is -0.481 e. The second kappa shape index (κ2) is 4.72. The molecule has 1 unspecified atom stereocenters. The van der Waals surface area contributed by atoms with Gasteiger partial charge in [0, 0.05) is 0 Å². The van der Waals surface area contributed by atoms with Crippen LogP contribution in [0.2, 0.25) is 0 Å². The first kappa shape index (κ1) is 13.1. The highest BCUT2D eigenvalue weighted by Gasteiger charge is 2.26. The fraction of sp³-hybridized carbons (Fsp3) is 0.462. The van der Waals surface area contributed by atoms with Crippen LogP contribution in [0.1, 0.15) is 30.9 Å². The lowest BCUT2D eigenvalue weighted by Gasteiger charge is -2.12. The van der Waals surface area contributed by atoms with Gasteiger partial charge in [0.2, 0.25) is 0 Å². The molecule has 18 heavy (non-hydrogen) atoms. The number of carboxylic acid groups (broad SMARTS) is 1. The van der Waals surface area contributed by atoms with E-state index in [9.17, 15) is 13.2 Å². The van der Waals surface area contributed by atoms with Crippen LogP contribution in [-0.2, 0) is 27.5 Å². The van der Waals surface area contributed by atoms with Crippen LogP contribution in [0.3, 0.4) is 0 Å². The summed E-state index contributed by atoms with van der Waals surface area (Å²) in [6.45, 7) is 1.44. The Bertz CT molecular complexity index is 575. The lowest BCUT2D eigenvalue weighted by Crippen LogP contribution is -2.21. The second-order valence-corrected chi connectivity index (χ2v) is 7.10. The summed E-state index contributed by atoms with van der Waals surface area (Å²) in [7, 11) is -3.54. The van der Waals surface area contributed by atoms with Gasteiger partial charge in [-0.15, -0.1) is 0 Å². The topological polar surface area (TPSA) is 71.4 Å². The second-order valence-electron chi connectivity index (χ2n) is 4.74. The van der Waals surface area contributed by atoms with Gasteiger partial charge in [-0.05, 0) is 49.4 Å². The van der Waals surface area contributed by atoms with Crippen molar-refractivity contribution in [2.45, 2.75) is 42.8 Å². The summed E-state index contributed by atoms with van der Waals surface area (Å²) < 4.78 is 24.4. The quantitative estimate of drug-likeness (QED) is 0.904. The molecule has 0 fully saturated rings. The van der Waals surface area contributed by atoms with Gasteiger partial charge in [-0.2, -0.15) is 0 Å². The normalized spacial score (nSPS) is 16.3. The van der Waals surface area contributed by atoms with Crippen LogP contribution in [0.5, 0.6) is 0 Å². The van der Waals surface area contributed by atoms with Crippen molar-refractivity contribution >= 4 is 15.8 Å². The molecule has 0 saturated heterocycles. The third-order valence-corrected chi connectivity index (χ3v) is 5.53. The molecule has 0 aromatic heterocycles. The van der Waals surface area contributed by atoms with Gasteiger partial charge in [0.1, 0.15) is 0 Å². The number of hydrogen-bond acceptors (Lipinski definition) is 3. The molecule has 0 saturated carbocycles. The molecule has 0 bridgehead atoms. The maximum Gasteiger partial charge on any atom is 0.304 e. The molecule has 1 aromatic carbocycles. The largest absolute Gasteiger partial charge is 0.481 e. The van der Waals surface area contributed by atoms with Crippen molar-refractivity contribution in [2.24, 2.45) is 0 Å². The van der Waals surface area contributed by atoms with Crippen molar-refractivity contribution in [3.63, 3.8) is 0 Å². The van der Waals surface area contributed by atoms with Crippen molar-refractivity contribution in [3.05, 3.63) is 29.3 Å². The highest BCUT2D eigenvalue weighted by atomic mass is 32.2. The van der Waals surface area contributed by atoms with Crippen LogP contribution < -0.4 is 0 Å². The monoisotopic (exact) mass is 268 g/mol. The Morgan fingerprint density at radius 2 is 2.00 bits per heavy atom. The summed E-state index contributed by atoms with van der Waals surface area (Å²) in [5.74, 6) is -1.09. The van der Waals surface area contributed by atoms with E-state index in [-0.39, 0.29) is 11.3 Å². The first-order valence-electron chi connectivity index (χ1n) is 5.99. The van der Waals surface area contributed by atoms with Crippen LogP contribution in [0.15, 0.2) is 23.1 Å². The average molecular weight is 268 g/mol. The molecule has 1 N–H and O–H groups in total. The molecule has 4 nitrogen and oxygen atoms in total. The number of fused-ring (bicyclic) bond motifs is 1. The molecule has 0 aliphatic heterocycles. The number of sulfone groups is 1. The molecule has 1 atom stereocenters. The van der Waals surface area contributed by atoms with Crippen LogP contribution in [0.4, 0.5) is 0 Å². The molecule has 0 spiro atoms. The number of benzene rings is 1. The summed E-state index contributed by atoms with van der Waals surface area (Å²) in [6.07, 6.45) is 2.61. The van der Waals surface area contributed by atoms with E-state index in [1.165, 1.54) is 12.5 Å². The molecule has 5 heteroatoms. The van der Waals surface area contributed by atoms with Gasteiger partial charge < -0.3 is 5.11 Å². The van der Waals surface area contributed by atoms with Crippen molar-refractivity contribution in [1.82, 2.24) is 0 Å². The summed E-state index contributed by atoms with van der Waals surface area (Å²) in [4.78, 5) is 10.9. The Kier molecular flexibility index (Phi) is 3.43. The highest BCUT2D eigenvalue weighted by molar-refractivity contribution is 7.92. The summed E-state index contributed by atoms with van der Waals surface area (Å²) in [5, 5.41) is 7.79. The molecule has 0 heterocycles. The molecule has 1 aromatic rings. The van der Waals surface area contributed by atoms with Crippen LogP contribution in [-0.4, -0.2) is 24.7 Å². The van der Waals surface area contributed by atoms with Gasteiger partial charge in [-0.25, -0.2) is 8.42 Å². The first-order chi connectivity index (χ1) is 8.41. The van der Waals surface area contributed by atoms with Crippen molar-refractivity contribution in [3.8, 4) is 0 Å². The van der Waals surface area contributed by atoms with Gasteiger partial charge in [-0.3, -0.25) is 4.79 Å². The van der Waals surface area contributed by atoms with Gasteiger partial charge in [-0.1, -0.05) is 6.07 Å². The number of aliphatic carboxylic acids is 1. The summed E-state index contributed by atoms with van der Waals surface area (Å²) >= 11 is 0. The van der Waals surface area contributed by atoms with Gasteiger partial charge >= 0.3 is 5.97 Å². The van der Waals surface area contributed by atoms with Crippen LogP contribution >= 0.6 is 0 Å². The van der Waals surface area contributed by atoms with E-state index in [2.05, 4.69) is 0 Å². The lowest BCUT2D eigenvalue weighted by molar-refractivity contribution is -0.136. The zero-order valence-electron chi connectivity index (χ0n) is 10.2. The predicted molar refractivity (Wildman–Crippen MR) is 67.4 cm³/mol. The molecule has 98 valence electrons. The Balaban J connectivity index is 2.33. The minimum absolute atomic E-state index is 0.247. The predicted octanol–water partition coefficient (Wildman–Crippen LogP) is 1.81. The number of carboxylic acids is 1. The third kappa shape index (κ3) is 2.41. The Labute approximate surface area is 107 Å². The average Bonchev–Trinajstić information content (AvgIpc) is 2.74. The van der Waals surface area contributed by atoms with Crippen molar-refractivity contribution in [1.29, 1.82) is 0 Å². The standard InChI is InChI=1S/C13H16O4S/c1-9(7-13(14)15)18(16,17)12-6-5-10-3-2-4-11(10)8-12/h5-6,8-9H,2-4,7H2,1H3,(H,14,15). The zero-order valence-corrected chi connectivity index (χ0v) is 11.0. The Morgan fingerprint density at radius 3 is 2.67 bits per heavy atom. The van der Waals surface area contributed by atoms with E-state index in [0.717, 1.165) is 24.8 Å². The maximum atomic E-state index is 12.2. The van der Waals surface area contributed by atoms with Gasteiger partial charge in [0.05, 0.1) is 16.6 Å². The van der Waals surface area contributed by atoms with E-state index in [1.807, 2.05) is 6.07 Å². The molecular weight excluding hydrogens is 252 g/mol. The van der Waals surface area contributed by atoms with Crippen molar-refractivity contribution in [2.75, 3.05) is 0 Å². The number of aryl methyl sites for hydroxylation is 2. The summed E-state index contributed by atoms with van der Waals surface area (Å²) in [5.41, 5.74) is 2.29. The van der Waals surface area contributed by atoms with Crippen LogP contribution in [0.25, 0.3) is 0 Å². The third-order valence-electron chi connectivity index (χ3n) is 3.39. The van der Waals surface area contributed by atoms with E-state index in [1.54, 1.807) is 12.1 Å². The Hall–Kier alpha value is -1.36. The van der Waals surface area contributed by atoms with Crippen LogP contribution in [0, 0.1) is 0 Å². The molecule has 1 aliphatic carbocycles. The van der Waals surface area contributed by atoms with E-state index < -0.39 is 21.1 Å². The summed E-state index contributed by atoms with van der Waals surface area (Å²) in [6, 6.07) is 5.15. The fourth-order valence-electron chi connectivity index (χ4n) is 2.31. The number of hydrogen-bond donors (Lipinski definition) is 1. The zero-order chi connectivity index (χ0) is 13.3. The smallest absolute Gasteiger partial charge is 0.304 e. The van der Waals surface area contributed by atoms with Crippen molar-refractivity contribution < 1.29 is 18.3 Å². The van der Waals surface area contributed by atoms with E-state index in [4.69, 9.17) is 5.11 Å². The van der Waals surface area contributed by atoms with Gasteiger partial charge in [0.15, 0.2) is 9.84 Å². The first-order valence-corrected chi connectivity index (χ1v) is 7.53. The molecule has 0 radical (unpaired) electrons. The molecule has 1 aliphatic rings.